The van der Waals surface area contributed by atoms with Gasteiger partial charge in [0.1, 0.15) is 26.2 Å². The molecule has 0 bridgehead atoms. The van der Waals surface area contributed by atoms with E-state index in [0.29, 0.717) is 0 Å². The SMILES string of the molecule is C=CCN1C=[N+](Cc2c(C)cc(C)cc2C)CC1. The van der Waals surface area contributed by atoms with Crippen LogP contribution in [0.5, 0.6) is 0 Å². The molecule has 2 nitrogen and oxygen atoms in total. The van der Waals surface area contributed by atoms with E-state index in [0.717, 1.165) is 26.2 Å². The van der Waals surface area contributed by atoms with Gasteiger partial charge in [0.25, 0.3) is 0 Å². The average Bonchev–Trinajstić information content (AvgIpc) is 2.72. The normalized spacial score (nSPS) is 14.8. The summed E-state index contributed by atoms with van der Waals surface area (Å²) in [5, 5.41) is 0. The van der Waals surface area contributed by atoms with Crippen molar-refractivity contribution in [3.63, 3.8) is 0 Å². The zero-order valence-electron chi connectivity index (χ0n) is 11.7. The van der Waals surface area contributed by atoms with Crippen LogP contribution >= 0.6 is 0 Å². The first kappa shape index (κ1) is 12.9. The number of rotatable bonds is 4. The van der Waals surface area contributed by atoms with Crippen molar-refractivity contribution in [1.82, 2.24) is 4.90 Å². The maximum absolute atomic E-state index is 3.79. The molecular formula is C16H23N2+. The maximum Gasteiger partial charge on any atom is 0.234 e. The van der Waals surface area contributed by atoms with Crippen molar-refractivity contribution in [1.29, 1.82) is 0 Å². The summed E-state index contributed by atoms with van der Waals surface area (Å²) in [5.74, 6) is 0. The van der Waals surface area contributed by atoms with Crippen molar-refractivity contribution in [3.8, 4) is 0 Å². The highest BCUT2D eigenvalue weighted by Crippen LogP contribution is 2.17. The summed E-state index contributed by atoms with van der Waals surface area (Å²) < 4.78 is 2.40. The Kier molecular flexibility index (Phi) is 3.85. The Morgan fingerprint density at radius 2 is 1.94 bits per heavy atom. The van der Waals surface area contributed by atoms with Gasteiger partial charge >= 0.3 is 0 Å². The Morgan fingerprint density at radius 3 is 2.56 bits per heavy atom. The third kappa shape index (κ3) is 2.81. The summed E-state index contributed by atoms with van der Waals surface area (Å²) in [4.78, 5) is 2.31. The first-order valence-corrected chi connectivity index (χ1v) is 6.61. The van der Waals surface area contributed by atoms with E-state index < -0.39 is 0 Å². The van der Waals surface area contributed by atoms with E-state index in [-0.39, 0.29) is 0 Å². The summed E-state index contributed by atoms with van der Waals surface area (Å²) >= 11 is 0. The first-order chi connectivity index (χ1) is 8.60. The molecule has 0 spiro atoms. The molecule has 0 aromatic heterocycles. The number of aryl methyl sites for hydroxylation is 3. The molecule has 1 aliphatic heterocycles. The van der Waals surface area contributed by atoms with Gasteiger partial charge in [0.05, 0.1) is 0 Å². The second kappa shape index (κ2) is 5.38. The molecule has 2 heteroatoms. The highest BCUT2D eigenvalue weighted by Gasteiger charge is 2.18. The van der Waals surface area contributed by atoms with Gasteiger partial charge in [-0.2, -0.15) is 0 Å². The van der Waals surface area contributed by atoms with E-state index in [1.807, 2.05) is 6.08 Å². The van der Waals surface area contributed by atoms with E-state index >= 15 is 0 Å². The van der Waals surface area contributed by atoms with E-state index in [2.05, 4.69) is 55.3 Å². The third-order valence-electron chi connectivity index (χ3n) is 3.57. The lowest BCUT2D eigenvalue weighted by Crippen LogP contribution is -2.18. The van der Waals surface area contributed by atoms with Crippen LogP contribution in [0.1, 0.15) is 22.3 Å². The van der Waals surface area contributed by atoms with Crippen molar-refractivity contribution >= 4 is 6.34 Å². The van der Waals surface area contributed by atoms with Crippen LogP contribution in [0.25, 0.3) is 0 Å². The third-order valence-corrected chi connectivity index (χ3v) is 3.57. The van der Waals surface area contributed by atoms with Gasteiger partial charge in [-0.05, 0) is 37.5 Å². The Labute approximate surface area is 110 Å². The number of hydrogen-bond donors (Lipinski definition) is 0. The van der Waals surface area contributed by atoms with Crippen LogP contribution in [-0.4, -0.2) is 35.4 Å². The number of benzene rings is 1. The molecule has 0 radical (unpaired) electrons. The number of nitrogens with zero attached hydrogens (tertiary/aromatic N) is 2. The monoisotopic (exact) mass is 243 g/mol. The van der Waals surface area contributed by atoms with Gasteiger partial charge in [0.2, 0.25) is 6.34 Å². The molecule has 0 saturated carbocycles. The van der Waals surface area contributed by atoms with Crippen LogP contribution < -0.4 is 0 Å². The fraction of sp³-hybridized carbons (Fsp3) is 0.438. The predicted molar refractivity (Wildman–Crippen MR) is 77.3 cm³/mol. The molecule has 1 aromatic rings. The van der Waals surface area contributed by atoms with Gasteiger partial charge in [0.15, 0.2) is 0 Å². The smallest absolute Gasteiger partial charge is 0.234 e. The van der Waals surface area contributed by atoms with Crippen LogP contribution in [0.15, 0.2) is 24.8 Å². The lowest BCUT2D eigenvalue weighted by Gasteiger charge is -2.10. The highest BCUT2D eigenvalue weighted by molar-refractivity contribution is 5.51. The van der Waals surface area contributed by atoms with Crippen molar-refractivity contribution in [3.05, 3.63) is 47.0 Å². The van der Waals surface area contributed by atoms with Crippen LogP contribution in [-0.2, 0) is 6.54 Å². The van der Waals surface area contributed by atoms with Crippen LogP contribution in [0.3, 0.4) is 0 Å². The lowest BCUT2D eigenvalue weighted by atomic mass is 10.00. The zero-order chi connectivity index (χ0) is 13.1. The molecule has 96 valence electrons. The predicted octanol–water partition coefficient (Wildman–Crippen LogP) is 2.65. The minimum absolute atomic E-state index is 0.947. The van der Waals surface area contributed by atoms with Crippen molar-refractivity contribution in [2.75, 3.05) is 19.6 Å². The molecule has 2 rings (SSSR count). The Morgan fingerprint density at radius 1 is 1.28 bits per heavy atom. The molecule has 0 aliphatic carbocycles. The van der Waals surface area contributed by atoms with Crippen molar-refractivity contribution < 1.29 is 4.58 Å². The lowest BCUT2D eigenvalue weighted by molar-refractivity contribution is -0.530. The van der Waals surface area contributed by atoms with Gasteiger partial charge in [-0.3, -0.25) is 9.48 Å². The summed E-state index contributed by atoms with van der Waals surface area (Å²) in [6, 6.07) is 4.56. The van der Waals surface area contributed by atoms with E-state index in [4.69, 9.17) is 0 Å². The standard InChI is InChI=1S/C16H23N2/c1-5-6-17-7-8-18(12-17)11-16-14(3)9-13(2)10-15(16)4/h5,9-10,12H,1,6-8,11H2,2-4H3/q+1. The van der Waals surface area contributed by atoms with Gasteiger partial charge in [-0.1, -0.05) is 30.4 Å². The van der Waals surface area contributed by atoms with Gasteiger partial charge in [-0.15, -0.1) is 0 Å². The first-order valence-electron chi connectivity index (χ1n) is 6.61. The second-order valence-electron chi connectivity index (χ2n) is 5.25. The molecule has 1 heterocycles. The van der Waals surface area contributed by atoms with Crippen molar-refractivity contribution in [2.45, 2.75) is 27.3 Å². The second-order valence-corrected chi connectivity index (χ2v) is 5.25. The Hall–Kier alpha value is -1.57. The topological polar surface area (TPSA) is 6.25 Å². The molecule has 18 heavy (non-hydrogen) atoms. The molecule has 1 aromatic carbocycles. The van der Waals surface area contributed by atoms with Gasteiger partial charge in [0, 0.05) is 0 Å². The van der Waals surface area contributed by atoms with E-state index in [1.165, 1.54) is 22.3 Å². The molecular weight excluding hydrogens is 220 g/mol. The molecule has 0 saturated heterocycles. The fourth-order valence-electron chi connectivity index (χ4n) is 2.69. The largest absolute Gasteiger partial charge is 0.261 e. The van der Waals surface area contributed by atoms with E-state index in [1.54, 1.807) is 0 Å². The van der Waals surface area contributed by atoms with Crippen molar-refractivity contribution in [2.24, 2.45) is 0 Å². The molecule has 1 aliphatic rings. The summed E-state index contributed by atoms with van der Waals surface area (Å²) in [7, 11) is 0. The molecule has 0 N–H and O–H groups in total. The molecule has 0 fully saturated rings. The van der Waals surface area contributed by atoms with Gasteiger partial charge < -0.3 is 0 Å². The minimum Gasteiger partial charge on any atom is -0.261 e. The summed E-state index contributed by atoms with van der Waals surface area (Å²) in [6.45, 7) is 14.6. The minimum atomic E-state index is 0.947. The Balaban J connectivity index is 2.15. The fourth-order valence-corrected chi connectivity index (χ4v) is 2.69. The number of hydrogen-bond acceptors (Lipinski definition) is 1. The molecule has 0 unspecified atom stereocenters. The van der Waals surface area contributed by atoms with Crippen LogP contribution in [0, 0.1) is 20.8 Å². The average molecular weight is 243 g/mol. The van der Waals surface area contributed by atoms with Crippen LogP contribution in [0.2, 0.25) is 0 Å². The summed E-state index contributed by atoms with van der Waals surface area (Å²) in [5.41, 5.74) is 5.64. The Bertz CT molecular complexity index is 463. The van der Waals surface area contributed by atoms with Gasteiger partial charge in [-0.25, -0.2) is 0 Å². The van der Waals surface area contributed by atoms with Crippen LogP contribution in [0.4, 0.5) is 0 Å². The summed E-state index contributed by atoms with van der Waals surface area (Å²) in [6.07, 6.45) is 4.20. The zero-order valence-corrected chi connectivity index (χ0v) is 11.7. The molecule has 0 atom stereocenters. The highest BCUT2D eigenvalue weighted by atomic mass is 15.3. The molecule has 0 amide bonds. The quantitative estimate of drug-likeness (QED) is 0.582. The van der Waals surface area contributed by atoms with E-state index in [9.17, 15) is 0 Å². The maximum atomic E-state index is 3.79.